The second-order valence-corrected chi connectivity index (χ2v) is 5.04. The molecule has 0 saturated carbocycles. The van der Waals surface area contributed by atoms with Crippen LogP contribution in [-0.4, -0.2) is 47.4 Å². The van der Waals surface area contributed by atoms with Crippen LogP contribution in [-0.2, 0) is 4.74 Å². The van der Waals surface area contributed by atoms with E-state index in [1.165, 1.54) is 0 Å². The minimum absolute atomic E-state index is 0.188. The quantitative estimate of drug-likeness (QED) is 0.783. The monoisotopic (exact) mass is 229 g/mol. The van der Waals surface area contributed by atoms with Crippen molar-refractivity contribution < 1.29 is 9.84 Å². The maximum absolute atomic E-state index is 10.2. The average molecular weight is 229 g/mol. The Hall–Kier alpha value is -0.120. The fourth-order valence-electron chi connectivity index (χ4n) is 2.75. The second-order valence-electron chi connectivity index (χ2n) is 5.04. The molecule has 1 aliphatic rings. The molecule has 0 radical (unpaired) electrons. The Kier molecular flexibility index (Phi) is 5.73. The van der Waals surface area contributed by atoms with Crippen LogP contribution in [0, 0.1) is 0 Å². The van der Waals surface area contributed by atoms with Gasteiger partial charge in [-0.25, -0.2) is 0 Å². The van der Waals surface area contributed by atoms with Gasteiger partial charge in [-0.2, -0.15) is 0 Å². The summed E-state index contributed by atoms with van der Waals surface area (Å²) in [5, 5.41) is 10.2. The summed E-state index contributed by atoms with van der Waals surface area (Å²) in [4.78, 5) is 2.40. The Morgan fingerprint density at radius 1 is 1.25 bits per heavy atom. The molecule has 0 aromatic heterocycles. The van der Waals surface area contributed by atoms with Crippen molar-refractivity contribution in [1.82, 2.24) is 4.90 Å². The molecule has 1 rings (SSSR count). The number of ether oxygens (including phenoxy) is 1. The molecule has 1 saturated heterocycles. The Morgan fingerprint density at radius 2 is 1.81 bits per heavy atom. The number of hydrogen-bond acceptors (Lipinski definition) is 3. The molecule has 4 atom stereocenters. The fourth-order valence-corrected chi connectivity index (χ4v) is 2.75. The van der Waals surface area contributed by atoms with Crippen molar-refractivity contribution in [1.29, 1.82) is 0 Å². The molecule has 0 aromatic carbocycles. The zero-order valence-electron chi connectivity index (χ0n) is 11.1. The maximum Gasteiger partial charge on any atom is 0.0695 e. The van der Waals surface area contributed by atoms with Crippen LogP contribution in [0.3, 0.4) is 0 Å². The molecule has 0 bridgehead atoms. The molecule has 1 N–H and O–H groups in total. The van der Waals surface area contributed by atoms with E-state index in [9.17, 15) is 5.11 Å². The molecule has 0 spiro atoms. The van der Waals surface area contributed by atoms with Crippen LogP contribution in [0.4, 0.5) is 0 Å². The molecule has 3 nitrogen and oxygen atoms in total. The third-order valence-electron chi connectivity index (χ3n) is 3.36. The first-order chi connectivity index (χ1) is 7.58. The smallest absolute Gasteiger partial charge is 0.0695 e. The third kappa shape index (κ3) is 3.72. The van der Waals surface area contributed by atoms with Gasteiger partial charge in [0.15, 0.2) is 0 Å². The molecule has 16 heavy (non-hydrogen) atoms. The predicted octanol–water partition coefficient (Wildman–Crippen LogP) is 2.04. The Bertz CT molecular complexity index is 188. The third-order valence-corrected chi connectivity index (χ3v) is 3.36. The van der Waals surface area contributed by atoms with E-state index in [4.69, 9.17) is 4.74 Å². The molecule has 4 unspecified atom stereocenters. The highest BCUT2D eigenvalue weighted by atomic mass is 16.5. The van der Waals surface area contributed by atoms with Crippen molar-refractivity contribution in [3.05, 3.63) is 0 Å². The number of aliphatic hydroxyl groups is 1. The lowest BCUT2D eigenvalue weighted by molar-refractivity contribution is -0.0968. The summed E-state index contributed by atoms with van der Waals surface area (Å²) in [7, 11) is 0. The summed E-state index contributed by atoms with van der Waals surface area (Å²) in [6, 6.07) is 0.300. The molecule has 0 aromatic rings. The number of aliphatic hydroxyl groups excluding tert-OH is 1. The lowest BCUT2D eigenvalue weighted by Gasteiger charge is -2.41. The van der Waals surface area contributed by atoms with Crippen LogP contribution in [0.5, 0.6) is 0 Å². The summed E-state index contributed by atoms with van der Waals surface area (Å²) in [5.74, 6) is 0. The van der Waals surface area contributed by atoms with Gasteiger partial charge in [0.25, 0.3) is 0 Å². The summed E-state index contributed by atoms with van der Waals surface area (Å²) in [6.07, 6.45) is 3.34. The van der Waals surface area contributed by atoms with Crippen LogP contribution in [0.15, 0.2) is 0 Å². The van der Waals surface area contributed by atoms with Crippen LogP contribution >= 0.6 is 0 Å². The number of nitrogens with zero attached hydrogens (tertiary/aromatic N) is 1. The Labute approximate surface area is 99.8 Å². The molecule has 0 aliphatic carbocycles. The zero-order chi connectivity index (χ0) is 12.1. The van der Waals surface area contributed by atoms with Crippen LogP contribution < -0.4 is 0 Å². The molecular formula is C13H27NO2. The van der Waals surface area contributed by atoms with Gasteiger partial charge < -0.3 is 9.84 Å². The highest BCUT2D eigenvalue weighted by Crippen LogP contribution is 2.19. The van der Waals surface area contributed by atoms with Crippen LogP contribution in [0.25, 0.3) is 0 Å². The van der Waals surface area contributed by atoms with Gasteiger partial charge in [0.05, 0.1) is 18.3 Å². The van der Waals surface area contributed by atoms with E-state index >= 15 is 0 Å². The molecule has 3 heteroatoms. The van der Waals surface area contributed by atoms with Crippen LogP contribution in [0.1, 0.15) is 47.0 Å². The topological polar surface area (TPSA) is 32.7 Å². The molecule has 1 heterocycles. The van der Waals surface area contributed by atoms with Gasteiger partial charge in [0.1, 0.15) is 0 Å². The minimum Gasteiger partial charge on any atom is -0.391 e. The van der Waals surface area contributed by atoms with E-state index < -0.39 is 0 Å². The normalized spacial score (nSPS) is 31.3. The van der Waals surface area contributed by atoms with Crippen molar-refractivity contribution in [3.8, 4) is 0 Å². The fraction of sp³-hybridized carbons (Fsp3) is 1.00. The highest BCUT2D eigenvalue weighted by Gasteiger charge is 2.30. The summed E-state index contributed by atoms with van der Waals surface area (Å²) < 4.78 is 5.73. The zero-order valence-corrected chi connectivity index (χ0v) is 11.1. The maximum atomic E-state index is 10.2. The lowest BCUT2D eigenvalue weighted by atomic mass is 10.0. The van der Waals surface area contributed by atoms with E-state index in [0.29, 0.717) is 6.04 Å². The molecular weight excluding hydrogens is 202 g/mol. The van der Waals surface area contributed by atoms with Crippen LogP contribution in [0.2, 0.25) is 0 Å². The van der Waals surface area contributed by atoms with E-state index in [1.807, 2.05) is 0 Å². The SMILES string of the molecule is CCCC(O)C(CC)N1CC(C)OC(C)C1. The van der Waals surface area contributed by atoms with E-state index in [1.54, 1.807) is 0 Å². The van der Waals surface area contributed by atoms with Gasteiger partial charge in [0, 0.05) is 19.1 Å². The standard InChI is InChI=1S/C13H27NO2/c1-5-7-13(15)12(6-2)14-8-10(3)16-11(4)9-14/h10-13,15H,5-9H2,1-4H3. The van der Waals surface area contributed by atoms with E-state index in [0.717, 1.165) is 32.4 Å². The first-order valence-corrected chi connectivity index (χ1v) is 6.66. The van der Waals surface area contributed by atoms with Gasteiger partial charge in [-0.05, 0) is 26.7 Å². The van der Waals surface area contributed by atoms with Crippen molar-refractivity contribution >= 4 is 0 Å². The van der Waals surface area contributed by atoms with Crippen molar-refractivity contribution in [2.24, 2.45) is 0 Å². The van der Waals surface area contributed by atoms with Crippen molar-refractivity contribution in [2.75, 3.05) is 13.1 Å². The van der Waals surface area contributed by atoms with Gasteiger partial charge in [-0.3, -0.25) is 4.90 Å². The van der Waals surface area contributed by atoms with Crippen molar-refractivity contribution in [2.45, 2.75) is 71.3 Å². The average Bonchev–Trinajstić information content (AvgIpc) is 2.17. The van der Waals surface area contributed by atoms with Crippen molar-refractivity contribution in [3.63, 3.8) is 0 Å². The number of rotatable bonds is 5. The predicted molar refractivity (Wildman–Crippen MR) is 66.6 cm³/mol. The highest BCUT2D eigenvalue weighted by molar-refractivity contribution is 4.83. The van der Waals surface area contributed by atoms with E-state index in [2.05, 4.69) is 32.6 Å². The molecule has 1 aliphatic heterocycles. The van der Waals surface area contributed by atoms with Gasteiger partial charge in [-0.1, -0.05) is 20.3 Å². The number of hydrogen-bond donors (Lipinski definition) is 1. The number of morpholine rings is 1. The molecule has 1 fully saturated rings. The minimum atomic E-state index is -0.188. The second kappa shape index (κ2) is 6.58. The summed E-state index contributed by atoms with van der Waals surface area (Å²) in [5.41, 5.74) is 0. The van der Waals surface area contributed by atoms with Gasteiger partial charge in [0.2, 0.25) is 0 Å². The lowest BCUT2D eigenvalue weighted by Crippen LogP contribution is -2.53. The van der Waals surface area contributed by atoms with Gasteiger partial charge >= 0.3 is 0 Å². The Morgan fingerprint density at radius 3 is 2.25 bits per heavy atom. The molecule has 96 valence electrons. The van der Waals surface area contributed by atoms with E-state index in [-0.39, 0.29) is 18.3 Å². The largest absolute Gasteiger partial charge is 0.391 e. The Balaban J connectivity index is 2.57. The summed E-state index contributed by atoms with van der Waals surface area (Å²) in [6.45, 7) is 10.4. The molecule has 0 amide bonds. The van der Waals surface area contributed by atoms with Gasteiger partial charge in [-0.15, -0.1) is 0 Å². The first kappa shape index (κ1) is 13.9. The summed E-state index contributed by atoms with van der Waals surface area (Å²) >= 11 is 0. The first-order valence-electron chi connectivity index (χ1n) is 6.66.